The highest BCUT2D eigenvalue weighted by molar-refractivity contribution is 5.39. The number of rotatable bonds is 21. The Bertz CT molecular complexity index is 5150. The number of benzene rings is 5. The van der Waals surface area contributed by atoms with Crippen LogP contribution in [0.25, 0.3) is 0 Å². The predicted octanol–water partition coefficient (Wildman–Crippen LogP) is 12.4. The molecule has 0 spiro atoms. The first-order valence-corrected chi connectivity index (χ1v) is 42.6. The van der Waals surface area contributed by atoms with E-state index in [0.717, 1.165) is 135 Å². The summed E-state index contributed by atoms with van der Waals surface area (Å²) in [5.74, 6) is 0.272. The summed E-state index contributed by atoms with van der Waals surface area (Å²) in [6.45, 7) is 20.1. The first-order valence-electron chi connectivity index (χ1n) is 42.6. The van der Waals surface area contributed by atoms with E-state index in [2.05, 4.69) is 39.6 Å². The number of morpholine rings is 1. The molecule has 0 aliphatic carbocycles. The minimum atomic E-state index is -0.347. The summed E-state index contributed by atoms with van der Waals surface area (Å²) in [6.07, 6.45) is 23.8. The quantitative estimate of drug-likeness (QED) is 0.0447. The molecule has 0 radical (unpaired) electrons. The lowest BCUT2D eigenvalue weighted by Gasteiger charge is -2.35. The smallest absolute Gasteiger partial charge is 0.293 e. The van der Waals surface area contributed by atoms with Crippen molar-refractivity contribution < 1.29 is 30.3 Å². The molecule has 16 rings (SSSR count). The topological polar surface area (TPSA) is 266 Å². The van der Waals surface area contributed by atoms with Crippen molar-refractivity contribution in [3.63, 3.8) is 0 Å². The number of piperidine rings is 1. The van der Waals surface area contributed by atoms with Crippen LogP contribution in [0.5, 0.6) is 28.7 Å². The molecule has 632 valence electrons. The third-order valence-electron chi connectivity index (χ3n) is 22.7. The minimum Gasteiger partial charge on any atom is -0.503 e. The molecule has 11 aromatic rings. The van der Waals surface area contributed by atoms with Gasteiger partial charge in [0.15, 0.2) is 34.6 Å². The van der Waals surface area contributed by atoms with Gasteiger partial charge in [-0.1, -0.05) is 190 Å². The Morgan fingerprint density at radius 2 is 0.492 bits per heavy atom. The Kier molecular flexibility index (Phi) is 33.4. The Morgan fingerprint density at radius 3 is 0.742 bits per heavy atom. The molecule has 24 heteroatoms. The van der Waals surface area contributed by atoms with Crippen LogP contribution in [-0.4, -0.2) is 175 Å². The summed E-state index contributed by atoms with van der Waals surface area (Å²) < 4.78 is 13.1. The third kappa shape index (κ3) is 26.2. The summed E-state index contributed by atoms with van der Waals surface area (Å²) in [6, 6.07) is 62.2. The fourth-order valence-electron chi connectivity index (χ4n) is 15.7. The van der Waals surface area contributed by atoms with Gasteiger partial charge in [-0.15, -0.1) is 5.10 Å². The van der Waals surface area contributed by atoms with Crippen LogP contribution < -0.4 is 32.7 Å². The monoisotopic (exact) mass is 1630 g/mol. The van der Waals surface area contributed by atoms with Crippen LogP contribution in [0.2, 0.25) is 0 Å². The van der Waals surface area contributed by atoms with Crippen LogP contribution in [0.1, 0.15) is 138 Å². The van der Waals surface area contributed by atoms with E-state index >= 15 is 0 Å². The van der Waals surface area contributed by atoms with Crippen molar-refractivity contribution in [2.24, 2.45) is 0 Å². The maximum absolute atomic E-state index is 12.6. The van der Waals surface area contributed by atoms with E-state index < -0.39 is 0 Å². The highest BCUT2D eigenvalue weighted by Crippen LogP contribution is 2.25. The van der Waals surface area contributed by atoms with Gasteiger partial charge >= 0.3 is 0 Å². The zero-order valence-electron chi connectivity index (χ0n) is 69.3. The Balaban J connectivity index is 0.000000138. The average molecular weight is 1630 g/mol. The average Bonchev–Trinajstić information content (AvgIpc) is 0.969. The number of hydrogen-bond acceptors (Lipinski definition) is 19. The number of nitrogens with zero attached hydrogens (tertiary/aromatic N) is 13. The summed E-state index contributed by atoms with van der Waals surface area (Å²) >= 11 is 0. The van der Waals surface area contributed by atoms with Crippen LogP contribution in [0, 0.1) is 6.92 Å². The fraction of sp³-hybridized carbons (Fsp3) is 0.385. The van der Waals surface area contributed by atoms with Gasteiger partial charge in [-0.25, -0.2) is 0 Å². The number of likely N-dealkylation sites (tertiary alicyclic amines) is 3. The van der Waals surface area contributed by atoms with Crippen molar-refractivity contribution in [2.75, 3.05) is 96.7 Å². The van der Waals surface area contributed by atoms with E-state index in [9.17, 15) is 49.5 Å². The number of piperazine rings is 1. The molecule has 0 saturated carbocycles. The second kappa shape index (κ2) is 45.6. The summed E-state index contributed by atoms with van der Waals surface area (Å²) in [5.41, 5.74) is 8.07. The van der Waals surface area contributed by atoms with E-state index in [0.29, 0.717) is 89.8 Å². The van der Waals surface area contributed by atoms with Crippen LogP contribution in [-0.2, 0) is 70.2 Å². The van der Waals surface area contributed by atoms with Gasteiger partial charge in [0, 0.05) is 131 Å². The molecule has 5 saturated heterocycles. The summed E-state index contributed by atoms with van der Waals surface area (Å²) in [5, 5.41) is 59.9. The molecule has 0 atom stereocenters. The van der Waals surface area contributed by atoms with E-state index in [-0.39, 0.29) is 56.5 Å². The lowest BCUT2D eigenvalue weighted by molar-refractivity contribution is 0.0338. The molecule has 5 N–H and O–H groups in total. The molecule has 5 aliphatic rings. The van der Waals surface area contributed by atoms with E-state index in [1.54, 1.807) is 49.3 Å². The maximum Gasteiger partial charge on any atom is 0.293 e. The molecule has 5 aromatic carbocycles. The molecule has 5 aliphatic heterocycles. The first-order chi connectivity index (χ1) is 58.5. The largest absolute Gasteiger partial charge is 0.503 e. The standard InChI is InChI=1S/C22H25N5O2.C20H26N2O2.C19H24N2O2.C18H22N2O2.C17H20N2O3/c1-17-7-8-20(24-23-17)26-13-11-25(12-14-26)16-19-9-10-27(22(29)21(19)28)15-18-5-3-2-4-6-18;23-19-18(16-21-12-7-2-1-3-8-13-21)11-14-22(20(19)24)15-17-9-5-4-6-10-17;22-18-17(15-20-11-6-1-2-7-12-20)10-13-21(19(18)23)14-16-8-4-3-5-9-16;21-17-16(14-19-10-5-2-6-11-19)9-12-20(18(17)22)13-15-7-3-1-4-8-15;20-16-15(13-18-8-10-22-11-9-18)6-7-19(17(16)21)12-14-4-2-1-3-5-14/h2-10,28H,11-16H2,1H3;4-6,9-11,14,23H,1-3,7-8,12-13,15-16H2;3-5,8-10,13,22H,1-2,6-7,11-12,14-15H2;1,3-4,7-9,12,21H,2,5-6,10-11,13-14H2;1-7,20H,8-13H2. The zero-order valence-corrected chi connectivity index (χ0v) is 69.3. The molecule has 0 amide bonds. The van der Waals surface area contributed by atoms with Gasteiger partial charge in [0.25, 0.3) is 27.8 Å². The maximum atomic E-state index is 12.6. The first kappa shape index (κ1) is 87.8. The molecule has 5 fully saturated rings. The second-order valence-electron chi connectivity index (χ2n) is 31.8. The lowest BCUT2D eigenvalue weighted by atomic mass is 10.1. The summed E-state index contributed by atoms with van der Waals surface area (Å²) in [4.78, 5) is 75.7. The van der Waals surface area contributed by atoms with Crippen LogP contribution in [0.15, 0.2) is 249 Å². The molecule has 24 nitrogen and oxygen atoms in total. The van der Waals surface area contributed by atoms with Gasteiger partial charge in [0.05, 0.1) is 51.6 Å². The van der Waals surface area contributed by atoms with Crippen molar-refractivity contribution in [2.45, 2.75) is 149 Å². The second-order valence-corrected chi connectivity index (χ2v) is 31.8. The van der Waals surface area contributed by atoms with Crippen LogP contribution in [0.4, 0.5) is 5.82 Å². The van der Waals surface area contributed by atoms with Gasteiger partial charge in [-0.05, 0) is 155 Å². The highest BCUT2D eigenvalue weighted by atomic mass is 16.5. The predicted molar refractivity (Wildman–Crippen MR) is 471 cm³/mol. The number of aromatic hydroxyl groups is 5. The third-order valence-corrected chi connectivity index (χ3v) is 22.7. The van der Waals surface area contributed by atoms with Crippen LogP contribution >= 0.6 is 0 Å². The van der Waals surface area contributed by atoms with Gasteiger partial charge in [-0.2, -0.15) is 5.10 Å². The minimum absolute atomic E-state index is 0.101. The van der Waals surface area contributed by atoms with Crippen LogP contribution in [0.3, 0.4) is 0 Å². The van der Waals surface area contributed by atoms with Crippen molar-refractivity contribution in [3.05, 3.63) is 338 Å². The number of aromatic nitrogens is 7. The SMILES string of the molecule is Cc1ccc(N2CCN(Cc3ccn(Cc4ccccc4)c(=O)c3O)CC2)nn1.O=c1c(O)c(CN2CCCCC2)ccn1Cc1ccccc1.O=c1c(O)c(CN2CCCCCC2)ccn1Cc1ccccc1.O=c1c(O)c(CN2CCCCCCC2)ccn1Cc1ccccc1.O=c1c(O)c(CN2CCOCC2)ccn1Cc1ccccc1. The Labute approximate surface area is 703 Å². The molecule has 0 bridgehead atoms. The number of pyridine rings is 5. The van der Waals surface area contributed by atoms with Gasteiger partial charge in [-0.3, -0.25) is 48.5 Å². The molecule has 0 unspecified atom stereocenters. The van der Waals surface area contributed by atoms with Gasteiger partial charge in [0.2, 0.25) is 0 Å². The number of anilines is 1. The molecule has 120 heavy (non-hydrogen) atoms. The number of hydrogen-bond donors (Lipinski definition) is 5. The fourth-order valence-corrected chi connectivity index (χ4v) is 15.7. The number of ether oxygens (including phenoxy) is 1. The van der Waals surface area contributed by atoms with E-state index in [4.69, 9.17) is 4.74 Å². The Hall–Kier alpha value is -11.5. The van der Waals surface area contributed by atoms with Crippen molar-refractivity contribution in [1.29, 1.82) is 0 Å². The molecular formula is C96H117N13O11. The lowest BCUT2D eigenvalue weighted by Crippen LogP contribution is -2.46. The molecule has 6 aromatic heterocycles. The van der Waals surface area contributed by atoms with E-state index in [1.165, 1.54) is 81.6 Å². The van der Waals surface area contributed by atoms with Gasteiger partial charge in [0.1, 0.15) is 0 Å². The van der Waals surface area contributed by atoms with Crippen molar-refractivity contribution in [1.82, 2.24) is 57.5 Å². The van der Waals surface area contributed by atoms with Gasteiger partial charge < -0.3 is 58.0 Å². The van der Waals surface area contributed by atoms with Crippen molar-refractivity contribution >= 4 is 5.82 Å². The molecular weight excluding hydrogens is 1510 g/mol. The number of aryl methyl sites for hydroxylation is 1. The van der Waals surface area contributed by atoms with Crippen molar-refractivity contribution in [3.8, 4) is 28.7 Å². The normalized spacial score (nSPS) is 15.8. The zero-order chi connectivity index (χ0) is 83.8. The highest BCUT2D eigenvalue weighted by Gasteiger charge is 2.24. The molecule has 11 heterocycles. The van der Waals surface area contributed by atoms with E-state index in [1.807, 2.05) is 201 Å². The summed E-state index contributed by atoms with van der Waals surface area (Å²) in [7, 11) is 0. The Morgan fingerprint density at radius 1 is 0.258 bits per heavy atom.